The summed E-state index contributed by atoms with van der Waals surface area (Å²) < 4.78 is 34.3. The summed E-state index contributed by atoms with van der Waals surface area (Å²) >= 11 is 0. The molecule has 9 nitrogen and oxygen atoms in total. The largest absolute Gasteiger partial charge is 0.472 e. The normalized spacial score (nSPS) is 13.6. The fraction of sp³-hybridized carbons (Fsp3) is 0.917. The summed E-state index contributed by atoms with van der Waals surface area (Å²) in [7, 11) is 1.48. The number of allylic oxidation sites excluding steroid dienone is 2. The second-order valence-electron chi connectivity index (χ2n) is 17.9. The minimum atomic E-state index is -4.37. The topological polar surface area (TPSA) is 108 Å². The van der Waals surface area contributed by atoms with E-state index in [4.69, 9.17) is 18.5 Å². The van der Waals surface area contributed by atoms with Crippen LogP contribution in [0.25, 0.3) is 0 Å². The van der Waals surface area contributed by atoms with Gasteiger partial charge in [0.2, 0.25) is 0 Å². The summed E-state index contributed by atoms with van der Waals surface area (Å²) in [5.74, 6) is -0.797. The molecule has 0 radical (unpaired) electrons. The van der Waals surface area contributed by atoms with E-state index in [0.29, 0.717) is 23.9 Å². The predicted molar refractivity (Wildman–Crippen MR) is 243 cm³/mol. The van der Waals surface area contributed by atoms with Crippen LogP contribution in [-0.2, 0) is 32.7 Å². The maximum Gasteiger partial charge on any atom is 0.472 e. The molecule has 0 amide bonds. The summed E-state index contributed by atoms with van der Waals surface area (Å²) in [4.78, 5) is 35.4. The summed E-state index contributed by atoms with van der Waals surface area (Å²) in [6.45, 7) is 4.42. The zero-order chi connectivity index (χ0) is 42.8. The average molecular weight is 845 g/mol. The molecule has 0 aliphatic rings. The molecule has 1 unspecified atom stereocenters. The Kier molecular flexibility index (Phi) is 40.2. The van der Waals surface area contributed by atoms with Crippen molar-refractivity contribution in [3.63, 3.8) is 0 Å². The molecular formula is C48H95NO8P+. The first-order chi connectivity index (χ1) is 28.0. The molecule has 0 saturated heterocycles. The van der Waals surface area contributed by atoms with Crippen LogP contribution < -0.4 is 0 Å². The Balaban J connectivity index is 4.16. The Bertz CT molecular complexity index is 1000. The Morgan fingerprint density at radius 1 is 0.517 bits per heavy atom. The van der Waals surface area contributed by atoms with Gasteiger partial charge in [0.05, 0.1) is 27.7 Å². The molecule has 10 heteroatoms. The average Bonchev–Trinajstić information content (AvgIpc) is 3.17. The lowest BCUT2D eigenvalue weighted by atomic mass is 10.0. The number of carbonyl (C=O) groups is 2. The highest BCUT2D eigenvalue weighted by Crippen LogP contribution is 2.43. The van der Waals surface area contributed by atoms with Gasteiger partial charge in [0.15, 0.2) is 6.10 Å². The molecule has 0 aliphatic heterocycles. The molecule has 0 heterocycles. The minimum absolute atomic E-state index is 0.0332. The van der Waals surface area contributed by atoms with Gasteiger partial charge in [-0.2, -0.15) is 0 Å². The second kappa shape index (κ2) is 41.1. The van der Waals surface area contributed by atoms with Crippen molar-refractivity contribution >= 4 is 19.8 Å². The van der Waals surface area contributed by atoms with Crippen LogP contribution in [-0.4, -0.2) is 74.9 Å². The quantitative estimate of drug-likeness (QED) is 0.0212. The molecule has 0 aromatic rings. The lowest BCUT2D eigenvalue weighted by Gasteiger charge is -2.24. The molecule has 0 bridgehead atoms. The number of phosphoric ester groups is 1. The van der Waals surface area contributed by atoms with Crippen molar-refractivity contribution in [2.45, 2.75) is 238 Å². The van der Waals surface area contributed by atoms with Crippen LogP contribution in [0.1, 0.15) is 232 Å². The van der Waals surface area contributed by atoms with Gasteiger partial charge in [-0.1, -0.05) is 193 Å². The minimum Gasteiger partial charge on any atom is -0.462 e. The summed E-state index contributed by atoms with van der Waals surface area (Å²) in [6.07, 6.45) is 44.1. The van der Waals surface area contributed by atoms with Gasteiger partial charge in [-0.3, -0.25) is 18.6 Å². The maximum atomic E-state index is 12.7. The number of hydrogen-bond donors (Lipinski definition) is 1. The Morgan fingerprint density at radius 2 is 0.879 bits per heavy atom. The van der Waals surface area contributed by atoms with E-state index < -0.39 is 26.5 Å². The van der Waals surface area contributed by atoms with Gasteiger partial charge in [0.1, 0.15) is 19.8 Å². The summed E-state index contributed by atoms with van der Waals surface area (Å²) in [5.41, 5.74) is 0. The first kappa shape index (κ1) is 56.8. The standard InChI is InChI=1S/C48H94NO8P/c1-6-8-10-12-14-16-18-20-21-22-23-24-25-26-27-28-29-31-32-34-36-38-40-47(50)54-44-46(45-56-58(52,53)55-43-42-49(3,4)5)57-48(51)41-39-37-35-33-30-19-17-15-13-11-9-7-2/h15,17,46H,6-14,16,18-45H2,1-5H3/p+1/b17-15+/t46-/m1/s1. The first-order valence-corrected chi connectivity index (χ1v) is 25.9. The van der Waals surface area contributed by atoms with Crippen LogP contribution in [0.2, 0.25) is 0 Å². The molecule has 1 N–H and O–H groups in total. The van der Waals surface area contributed by atoms with E-state index in [1.54, 1.807) is 0 Å². The SMILES string of the molecule is CCCCC/C=C/CCCCCCCC(=O)O[C@H](COC(=O)CCCCCCCCCCCCCCCCCCCCCCCC)COP(=O)(O)OCC[N+](C)(C)C. The van der Waals surface area contributed by atoms with Crippen LogP contribution in [0, 0.1) is 0 Å². The summed E-state index contributed by atoms with van der Waals surface area (Å²) in [5, 5.41) is 0. The van der Waals surface area contributed by atoms with Crippen molar-refractivity contribution in [3.05, 3.63) is 12.2 Å². The van der Waals surface area contributed by atoms with E-state index in [2.05, 4.69) is 26.0 Å². The molecule has 0 aromatic carbocycles. The predicted octanol–water partition coefficient (Wildman–Crippen LogP) is 14.1. The lowest BCUT2D eigenvalue weighted by Crippen LogP contribution is -2.37. The molecule has 0 aromatic heterocycles. The van der Waals surface area contributed by atoms with Gasteiger partial charge in [0.25, 0.3) is 0 Å². The van der Waals surface area contributed by atoms with E-state index in [-0.39, 0.29) is 25.6 Å². The van der Waals surface area contributed by atoms with Gasteiger partial charge >= 0.3 is 19.8 Å². The van der Waals surface area contributed by atoms with E-state index in [1.807, 2.05) is 21.1 Å². The van der Waals surface area contributed by atoms with Gasteiger partial charge in [-0.15, -0.1) is 0 Å². The fourth-order valence-corrected chi connectivity index (χ4v) is 7.69. The highest BCUT2D eigenvalue weighted by Gasteiger charge is 2.27. The van der Waals surface area contributed by atoms with Crippen LogP contribution in [0.5, 0.6) is 0 Å². The zero-order valence-corrected chi connectivity index (χ0v) is 39.7. The molecular weight excluding hydrogens is 750 g/mol. The number of nitrogens with zero attached hydrogens (tertiary/aromatic N) is 1. The molecule has 0 fully saturated rings. The second-order valence-corrected chi connectivity index (χ2v) is 19.3. The van der Waals surface area contributed by atoms with Gasteiger partial charge in [-0.05, 0) is 38.5 Å². The number of rotatable bonds is 45. The van der Waals surface area contributed by atoms with Crippen molar-refractivity contribution in [2.75, 3.05) is 47.5 Å². The third-order valence-electron chi connectivity index (χ3n) is 10.8. The molecule has 0 saturated carbocycles. The van der Waals surface area contributed by atoms with Crippen molar-refractivity contribution in [1.82, 2.24) is 0 Å². The van der Waals surface area contributed by atoms with E-state index >= 15 is 0 Å². The number of unbranched alkanes of at least 4 members (excludes halogenated alkanes) is 29. The molecule has 2 atom stereocenters. The smallest absolute Gasteiger partial charge is 0.462 e. The highest BCUT2D eigenvalue weighted by atomic mass is 31.2. The Morgan fingerprint density at radius 3 is 1.31 bits per heavy atom. The Labute approximate surface area is 358 Å². The van der Waals surface area contributed by atoms with Crippen LogP contribution in [0.3, 0.4) is 0 Å². The van der Waals surface area contributed by atoms with Gasteiger partial charge in [0, 0.05) is 12.8 Å². The molecule has 0 spiro atoms. The number of likely N-dealkylation sites (N-methyl/N-ethyl adjacent to an activating group) is 1. The first-order valence-electron chi connectivity index (χ1n) is 24.4. The molecule has 58 heavy (non-hydrogen) atoms. The molecule has 344 valence electrons. The Hall–Kier alpha value is -1.25. The van der Waals surface area contributed by atoms with Gasteiger partial charge < -0.3 is 18.9 Å². The van der Waals surface area contributed by atoms with Crippen LogP contribution >= 0.6 is 7.82 Å². The third kappa shape index (κ3) is 44.3. The van der Waals surface area contributed by atoms with Crippen molar-refractivity contribution in [2.24, 2.45) is 0 Å². The number of carbonyl (C=O) groups excluding carboxylic acids is 2. The fourth-order valence-electron chi connectivity index (χ4n) is 6.95. The highest BCUT2D eigenvalue weighted by molar-refractivity contribution is 7.47. The number of hydrogen-bond acceptors (Lipinski definition) is 7. The number of ether oxygens (including phenoxy) is 2. The molecule has 0 aliphatic carbocycles. The van der Waals surface area contributed by atoms with E-state index in [9.17, 15) is 19.0 Å². The zero-order valence-electron chi connectivity index (χ0n) is 38.8. The summed E-state index contributed by atoms with van der Waals surface area (Å²) in [6, 6.07) is 0. The van der Waals surface area contributed by atoms with Gasteiger partial charge in [-0.25, -0.2) is 4.57 Å². The van der Waals surface area contributed by atoms with Crippen LogP contribution in [0.4, 0.5) is 0 Å². The van der Waals surface area contributed by atoms with E-state index in [1.165, 1.54) is 148 Å². The number of phosphoric acid groups is 1. The van der Waals surface area contributed by atoms with Crippen molar-refractivity contribution in [1.29, 1.82) is 0 Å². The third-order valence-corrected chi connectivity index (χ3v) is 11.8. The van der Waals surface area contributed by atoms with E-state index in [0.717, 1.165) is 51.4 Å². The van der Waals surface area contributed by atoms with Crippen molar-refractivity contribution in [3.8, 4) is 0 Å². The monoisotopic (exact) mass is 845 g/mol. The van der Waals surface area contributed by atoms with Crippen LogP contribution in [0.15, 0.2) is 12.2 Å². The number of esters is 2. The maximum absolute atomic E-state index is 12.7. The number of quaternary nitrogens is 1. The molecule has 0 rings (SSSR count). The van der Waals surface area contributed by atoms with Crippen molar-refractivity contribution < 1.29 is 42.1 Å². The lowest BCUT2D eigenvalue weighted by molar-refractivity contribution is -0.870.